The molecule has 2 saturated heterocycles. The van der Waals surface area contributed by atoms with Gasteiger partial charge in [-0.25, -0.2) is 0 Å². The number of amides is 1. The second-order valence-corrected chi connectivity index (χ2v) is 5.28. The SMILES string of the molecule is CCNC(=O)CN(CC)C1CC2CCC(C1)N2. The van der Waals surface area contributed by atoms with Gasteiger partial charge in [-0.1, -0.05) is 6.92 Å². The molecular formula is C13H25N3O. The van der Waals surface area contributed by atoms with Crippen molar-refractivity contribution in [3.8, 4) is 0 Å². The van der Waals surface area contributed by atoms with Gasteiger partial charge in [-0.05, 0) is 39.2 Å². The van der Waals surface area contributed by atoms with E-state index in [1.807, 2.05) is 6.92 Å². The Morgan fingerprint density at radius 1 is 1.29 bits per heavy atom. The molecule has 4 heteroatoms. The summed E-state index contributed by atoms with van der Waals surface area (Å²) in [6.45, 7) is 6.39. The number of carbonyl (C=O) groups excluding carboxylic acids is 1. The largest absolute Gasteiger partial charge is 0.355 e. The van der Waals surface area contributed by atoms with Gasteiger partial charge in [0.2, 0.25) is 5.91 Å². The van der Waals surface area contributed by atoms with Crippen LogP contribution in [0.3, 0.4) is 0 Å². The fraction of sp³-hybridized carbons (Fsp3) is 0.923. The predicted molar refractivity (Wildman–Crippen MR) is 68.9 cm³/mol. The zero-order valence-corrected chi connectivity index (χ0v) is 11.0. The molecule has 0 saturated carbocycles. The summed E-state index contributed by atoms with van der Waals surface area (Å²) >= 11 is 0. The average Bonchev–Trinajstić information content (AvgIpc) is 2.65. The average molecular weight is 239 g/mol. The van der Waals surface area contributed by atoms with Crippen LogP contribution in [-0.2, 0) is 4.79 Å². The van der Waals surface area contributed by atoms with Gasteiger partial charge >= 0.3 is 0 Å². The Hall–Kier alpha value is -0.610. The first-order valence-corrected chi connectivity index (χ1v) is 6.99. The molecule has 2 aliphatic rings. The Bertz CT molecular complexity index is 257. The van der Waals surface area contributed by atoms with Crippen LogP contribution >= 0.6 is 0 Å². The van der Waals surface area contributed by atoms with Gasteiger partial charge < -0.3 is 10.6 Å². The second kappa shape index (κ2) is 5.83. The van der Waals surface area contributed by atoms with E-state index < -0.39 is 0 Å². The molecule has 2 fully saturated rings. The summed E-state index contributed by atoms with van der Waals surface area (Å²) in [5.74, 6) is 0.167. The zero-order chi connectivity index (χ0) is 12.3. The Morgan fingerprint density at radius 2 is 1.94 bits per heavy atom. The molecule has 0 aromatic rings. The van der Waals surface area contributed by atoms with Gasteiger partial charge in [0.15, 0.2) is 0 Å². The maximum atomic E-state index is 11.7. The minimum atomic E-state index is 0.167. The van der Waals surface area contributed by atoms with Crippen LogP contribution in [0.4, 0.5) is 0 Å². The van der Waals surface area contributed by atoms with E-state index >= 15 is 0 Å². The molecule has 2 aliphatic heterocycles. The monoisotopic (exact) mass is 239 g/mol. The van der Waals surface area contributed by atoms with Crippen molar-refractivity contribution in [1.29, 1.82) is 0 Å². The number of likely N-dealkylation sites (N-methyl/N-ethyl adjacent to an activating group) is 2. The van der Waals surface area contributed by atoms with Crippen LogP contribution in [0.2, 0.25) is 0 Å². The van der Waals surface area contributed by atoms with Crippen LogP contribution in [0.1, 0.15) is 39.5 Å². The zero-order valence-electron chi connectivity index (χ0n) is 11.0. The molecule has 0 aliphatic carbocycles. The third-order valence-corrected chi connectivity index (χ3v) is 4.09. The molecular weight excluding hydrogens is 214 g/mol. The highest BCUT2D eigenvalue weighted by molar-refractivity contribution is 5.77. The van der Waals surface area contributed by atoms with Crippen molar-refractivity contribution >= 4 is 5.91 Å². The van der Waals surface area contributed by atoms with Crippen molar-refractivity contribution in [2.75, 3.05) is 19.6 Å². The Kier molecular flexibility index (Phi) is 4.40. The molecule has 2 unspecified atom stereocenters. The highest BCUT2D eigenvalue weighted by Gasteiger charge is 2.35. The summed E-state index contributed by atoms with van der Waals surface area (Å²) in [4.78, 5) is 14.0. The number of nitrogens with one attached hydrogen (secondary N) is 2. The molecule has 17 heavy (non-hydrogen) atoms. The predicted octanol–water partition coefficient (Wildman–Crippen LogP) is 0.727. The van der Waals surface area contributed by atoms with E-state index in [2.05, 4.69) is 22.5 Å². The van der Waals surface area contributed by atoms with Crippen molar-refractivity contribution in [3.05, 3.63) is 0 Å². The standard InChI is InChI=1S/C13H25N3O/c1-3-14-13(17)9-16(4-2)12-7-10-5-6-11(8-12)15-10/h10-12,15H,3-9H2,1-2H3,(H,14,17). The van der Waals surface area contributed by atoms with Crippen LogP contribution < -0.4 is 10.6 Å². The second-order valence-electron chi connectivity index (χ2n) is 5.28. The van der Waals surface area contributed by atoms with Crippen LogP contribution in [0.25, 0.3) is 0 Å². The quantitative estimate of drug-likeness (QED) is 0.743. The molecule has 98 valence electrons. The van der Waals surface area contributed by atoms with E-state index in [4.69, 9.17) is 0 Å². The lowest BCUT2D eigenvalue weighted by molar-refractivity contribution is -0.122. The number of hydrogen-bond donors (Lipinski definition) is 2. The molecule has 0 aromatic carbocycles. The molecule has 2 bridgehead atoms. The van der Waals surface area contributed by atoms with Crippen molar-refractivity contribution in [2.45, 2.75) is 57.7 Å². The van der Waals surface area contributed by atoms with Gasteiger partial charge in [-0.15, -0.1) is 0 Å². The number of nitrogens with zero attached hydrogens (tertiary/aromatic N) is 1. The fourth-order valence-corrected chi connectivity index (χ4v) is 3.26. The van der Waals surface area contributed by atoms with Gasteiger partial charge in [0.25, 0.3) is 0 Å². The van der Waals surface area contributed by atoms with Crippen LogP contribution in [0.5, 0.6) is 0 Å². The van der Waals surface area contributed by atoms with Gasteiger partial charge in [0.1, 0.15) is 0 Å². The molecule has 4 nitrogen and oxygen atoms in total. The summed E-state index contributed by atoms with van der Waals surface area (Å²) in [5.41, 5.74) is 0. The normalized spacial score (nSPS) is 31.8. The molecule has 2 rings (SSSR count). The molecule has 2 N–H and O–H groups in total. The number of hydrogen-bond acceptors (Lipinski definition) is 3. The topological polar surface area (TPSA) is 44.4 Å². The lowest BCUT2D eigenvalue weighted by atomic mass is 9.98. The number of piperidine rings is 1. The van der Waals surface area contributed by atoms with E-state index in [-0.39, 0.29) is 5.91 Å². The van der Waals surface area contributed by atoms with E-state index in [0.29, 0.717) is 24.7 Å². The Morgan fingerprint density at radius 3 is 2.47 bits per heavy atom. The first-order valence-electron chi connectivity index (χ1n) is 6.99. The molecule has 1 amide bonds. The number of fused-ring (bicyclic) bond motifs is 2. The first-order chi connectivity index (χ1) is 8.22. The molecule has 0 aromatic heterocycles. The minimum Gasteiger partial charge on any atom is -0.355 e. The summed E-state index contributed by atoms with van der Waals surface area (Å²) in [5, 5.41) is 6.54. The fourth-order valence-electron chi connectivity index (χ4n) is 3.26. The van der Waals surface area contributed by atoms with Gasteiger partial charge in [0, 0.05) is 24.7 Å². The van der Waals surface area contributed by atoms with Crippen molar-refractivity contribution in [1.82, 2.24) is 15.5 Å². The maximum absolute atomic E-state index is 11.7. The Balaban J connectivity index is 1.87. The maximum Gasteiger partial charge on any atom is 0.234 e. The summed E-state index contributed by atoms with van der Waals surface area (Å²) < 4.78 is 0. The smallest absolute Gasteiger partial charge is 0.234 e. The lowest BCUT2D eigenvalue weighted by Crippen LogP contribution is -2.50. The third kappa shape index (κ3) is 3.19. The Labute approximate surface area is 104 Å². The lowest BCUT2D eigenvalue weighted by Gasteiger charge is -2.36. The van der Waals surface area contributed by atoms with Gasteiger partial charge in [-0.2, -0.15) is 0 Å². The van der Waals surface area contributed by atoms with Crippen LogP contribution in [0, 0.1) is 0 Å². The highest BCUT2D eigenvalue weighted by atomic mass is 16.2. The van der Waals surface area contributed by atoms with Crippen LogP contribution in [0.15, 0.2) is 0 Å². The third-order valence-electron chi connectivity index (χ3n) is 4.09. The molecule has 2 heterocycles. The summed E-state index contributed by atoms with van der Waals surface area (Å²) in [6.07, 6.45) is 5.06. The van der Waals surface area contributed by atoms with Crippen molar-refractivity contribution in [2.24, 2.45) is 0 Å². The first kappa shape index (κ1) is 12.8. The van der Waals surface area contributed by atoms with Gasteiger partial charge in [0.05, 0.1) is 6.54 Å². The summed E-state index contributed by atoms with van der Waals surface area (Å²) in [7, 11) is 0. The summed E-state index contributed by atoms with van der Waals surface area (Å²) in [6, 6.07) is 1.99. The number of rotatable bonds is 5. The molecule has 0 radical (unpaired) electrons. The minimum absolute atomic E-state index is 0.167. The number of carbonyl (C=O) groups is 1. The van der Waals surface area contributed by atoms with E-state index in [1.165, 1.54) is 25.7 Å². The van der Waals surface area contributed by atoms with E-state index in [9.17, 15) is 4.79 Å². The molecule has 2 atom stereocenters. The van der Waals surface area contributed by atoms with Gasteiger partial charge in [-0.3, -0.25) is 9.69 Å². The van der Waals surface area contributed by atoms with E-state index in [1.54, 1.807) is 0 Å². The molecule has 0 spiro atoms. The van der Waals surface area contributed by atoms with Crippen LogP contribution in [-0.4, -0.2) is 48.6 Å². The van der Waals surface area contributed by atoms with Crippen molar-refractivity contribution < 1.29 is 4.79 Å². The van der Waals surface area contributed by atoms with Crippen molar-refractivity contribution in [3.63, 3.8) is 0 Å². The highest BCUT2D eigenvalue weighted by Crippen LogP contribution is 2.29. The van der Waals surface area contributed by atoms with E-state index in [0.717, 1.165) is 13.1 Å².